The van der Waals surface area contributed by atoms with Crippen molar-refractivity contribution in [1.82, 2.24) is 5.16 Å². The molecule has 9 heteroatoms. The highest BCUT2D eigenvalue weighted by Gasteiger charge is 2.24. The van der Waals surface area contributed by atoms with Gasteiger partial charge >= 0.3 is 5.97 Å². The highest BCUT2D eigenvalue weighted by molar-refractivity contribution is 7.92. The molecule has 2 aromatic rings. The maximum absolute atomic E-state index is 13.5. The van der Waals surface area contributed by atoms with Gasteiger partial charge < -0.3 is 9.63 Å². The van der Waals surface area contributed by atoms with Gasteiger partial charge in [-0.2, -0.15) is 0 Å². The fraction of sp³-hybridized carbons (Fsp3) is 0.167. The zero-order chi connectivity index (χ0) is 15.8. The Kier molecular flexibility index (Phi) is 3.69. The molecule has 7 nitrogen and oxygen atoms in total. The predicted molar refractivity (Wildman–Crippen MR) is 70.1 cm³/mol. The molecule has 0 unspecified atom stereocenters. The van der Waals surface area contributed by atoms with Gasteiger partial charge in [-0.25, -0.2) is 17.6 Å². The van der Waals surface area contributed by atoms with Crippen LogP contribution in [0, 0.1) is 19.7 Å². The van der Waals surface area contributed by atoms with Gasteiger partial charge in [0.15, 0.2) is 10.7 Å². The van der Waals surface area contributed by atoms with E-state index in [1.807, 2.05) is 0 Å². The van der Waals surface area contributed by atoms with Crippen LogP contribution in [0.25, 0.3) is 0 Å². The van der Waals surface area contributed by atoms with E-state index in [1.165, 1.54) is 13.8 Å². The zero-order valence-electron chi connectivity index (χ0n) is 11.0. The number of nitrogens with one attached hydrogen (secondary N) is 1. The Morgan fingerprint density at radius 3 is 2.52 bits per heavy atom. The molecule has 0 aliphatic heterocycles. The molecule has 1 aromatic heterocycles. The lowest BCUT2D eigenvalue weighted by molar-refractivity contribution is 0.0692. The number of carboxylic acid groups (broad SMARTS) is 1. The average molecular weight is 314 g/mol. The van der Waals surface area contributed by atoms with Crippen LogP contribution in [-0.2, 0) is 10.0 Å². The Balaban J connectivity index is 2.38. The number of rotatable bonds is 4. The summed E-state index contributed by atoms with van der Waals surface area (Å²) >= 11 is 0. The van der Waals surface area contributed by atoms with Gasteiger partial charge in [-0.3, -0.25) is 4.72 Å². The summed E-state index contributed by atoms with van der Waals surface area (Å²) in [6.07, 6.45) is 0. The van der Waals surface area contributed by atoms with E-state index < -0.39 is 27.4 Å². The Labute approximate surface area is 119 Å². The molecule has 0 aliphatic rings. The summed E-state index contributed by atoms with van der Waals surface area (Å²) in [5, 5.41) is 12.2. The summed E-state index contributed by atoms with van der Waals surface area (Å²) in [5.41, 5.74) is -0.476. The van der Waals surface area contributed by atoms with E-state index in [9.17, 15) is 17.6 Å². The first-order chi connectivity index (χ1) is 9.72. The SMILES string of the molecule is Cc1noc(C)c1S(=O)(=O)Nc1ccc(C(=O)O)c(F)c1. The predicted octanol–water partition coefficient (Wildman–Crippen LogP) is 1.93. The number of hydrogen-bond donors (Lipinski definition) is 2. The second-order valence-electron chi connectivity index (χ2n) is 4.26. The van der Waals surface area contributed by atoms with E-state index in [-0.39, 0.29) is 22.0 Å². The first-order valence-electron chi connectivity index (χ1n) is 5.71. The molecule has 0 radical (unpaired) electrons. The van der Waals surface area contributed by atoms with Crippen molar-refractivity contribution >= 4 is 21.7 Å². The lowest BCUT2D eigenvalue weighted by Gasteiger charge is -2.08. The summed E-state index contributed by atoms with van der Waals surface area (Å²) in [7, 11) is -4.00. The zero-order valence-corrected chi connectivity index (χ0v) is 11.9. The van der Waals surface area contributed by atoms with Crippen LogP contribution >= 0.6 is 0 Å². The minimum absolute atomic E-state index is 0.0995. The number of carbonyl (C=O) groups is 1. The summed E-state index contributed by atoms with van der Waals surface area (Å²) in [4.78, 5) is 10.6. The third-order valence-electron chi connectivity index (χ3n) is 2.69. The van der Waals surface area contributed by atoms with Gasteiger partial charge in [-0.15, -0.1) is 0 Å². The summed E-state index contributed by atoms with van der Waals surface area (Å²) in [5.74, 6) is -2.38. The molecular formula is C12H11FN2O5S. The maximum atomic E-state index is 13.5. The van der Waals surface area contributed by atoms with E-state index in [1.54, 1.807) is 0 Å². The van der Waals surface area contributed by atoms with Crippen LogP contribution in [0.3, 0.4) is 0 Å². The molecule has 0 aliphatic carbocycles. The Bertz CT molecular complexity index is 794. The molecule has 1 aromatic carbocycles. The lowest BCUT2D eigenvalue weighted by Crippen LogP contribution is -2.15. The van der Waals surface area contributed by atoms with Gasteiger partial charge in [0.1, 0.15) is 11.5 Å². The number of hydrogen-bond acceptors (Lipinski definition) is 5. The van der Waals surface area contributed by atoms with E-state index in [4.69, 9.17) is 9.63 Å². The minimum atomic E-state index is -4.00. The van der Waals surface area contributed by atoms with E-state index in [2.05, 4.69) is 9.88 Å². The molecule has 0 amide bonds. The van der Waals surface area contributed by atoms with E-state index >= 15 is 0 Å². The number of benzene rings is 1. The first kappa shape index (κ1) is 15.0. The molecule has 0 fully saturated rings. The van der Waals surface area contributed by atoms with E-state index in [0.717, 1.165) is 18.2 Å². The van der Waals surface area contributed by atoms with Crippen LogP contribution in [0.4, 0.5) is 10.1 Å². The Morgan fingerprint density at radius 1 is 1.38 bits per heavy atom. The van der Waals surface area contributed by atoms with Crippen molar-refractivity contribution in [3.8, 4) is 0 Å². The Hall–Kier alpha value is -2.42. The number of nitrogens with zero attached hydrogens (tertiary/aromatic N) is 1. The molecule has 0 atom stereocenters. The van der Waals surface area contributed by atoms with Crippen molar-refractivity contribution in [3.05, 3.63) is 41.0 Å². The van der Waals surface area contributed by atoms with E-state index in [0.29, 0.717) is 0 Å². The fourth-order valence-electron chi connectivity index (χ4n) is 1.82. The molecule has 2 rings (SSSR count). The third kappa shape index (κ3) is 2.87. The number of sulfonamides is 1. The molecular weight excluding hydrogens is 303 g/mol. The van der Waals surface area contributed by atoms with Crippen LogP contribution in [-0.4, -0.2) is 24.7 Å². The van der Waals surface area contributed by atoms with Gasteiger partial charge in [0.25, 0.3) is 10.0 Å². The summed E-state index contributed by atoms with van der Waals surface area (Å²) in [6, 6.07) is 2.92. The van der Waals surface area contributed by atoms with Crippen molar-refractivity contribution in [2.75, 3.05) is 4.72 Å². The fourth-order valence-corrected chi connectivity index (χ4v) is 3.20. The standard InChI is InChI=1S/C12H11FN2O5S/c1-6-11(7(2)20-14-6)21(18,19)15-8-3-4-9(12(16)17)10(13)5-8/h3-5,15H,1-2H3,(H,16,17). The molecule has 1 heterocycles. The molecule has 21 heavy (non-hydrogen) atoms. The number of carboxylic acids is 1. The monoisotopic (exact) mass is 314 g/mol. The largest absolute Gasteiger partial charge is 0.478 e. The number of aromatic nitrogens is 1. The number of anilines is 1. The molecule has 0 saturated heterocycles. The molecule has 2 N–H and O–H groups in total. The minimum Gasteiger partial charge on any atom is -0.478 e. The number of aromatic carboxylic acids is 1. The van der Waals surface area contributed by atoms with Crippen LogP contribution in [0.2, 0.25) is 0 Å². The highest BCUT2D eigenvalue weighted by Crippen LogP contribution is 2.23. The maximum Gasteiger partial charge on any atom is 0.338 e. The number of aryl methyl sites for hydroxylation is 2. The van der Waals surface area contributed by atoms with Crippen LogP contribution in [0.1, 0.15) is 21.8 Å². The normalized spacial score (nSPS) is 11.4. The molecule has 112 valence electrons. The summed E-state index contributed by atoms with van der Waals surface area (Å²) < 4.78 is 44.8. The molecule has 0 saturated carbocycles. The van der Waals surface area contributed by atoms with Crippen molar-refractivity contribution in [3.63, 3.8) is 0 Å². The van der Waals surface area contributed by atoms with Gasteiger partial charge in [-0.1, -0.05) is 5.16 Å². The quantitative estimate of drug-likeness (QED) is 0.892. The second-order valence-corrected chi connectivity index (χ2v) is 5.88. The van der Waals surface area contributed by atoms with Crippen LogP contribution in [0.15, 0.2) is 27.6 Å². The van der Waals surface area contributed by atoms with Crippen molar-refractivity contribution in [2.45, 2.75) is 18.7 Å². The Morgan fingerprint density at radius 2 is 2.05 bits per heavy atom. The smallest absolute Gasteiger partial charge is 0.338 e. The van der Waals surface area contributed by atoms with Crippen LogP contribution < -0.4 is 4.72 Å². The van der Waals surface area contributed by atoms with Crippen LogP contribution in [0.5, 0.6) is 0 Å². The molecule has 0 bridgehead atoms. The highest BCUT2D eigenvalue weighted by atomic mass is 32.2. The third-order valence-corrected chi connectivity index (χ3v) is 4.31. The van der Waals surface area contributed by atoms with Crippen molar-refractivity contribution < 1.29 is 27.2 Å². The van der Waals surface area contributed by atoms with Gasteiger partial charge in [-0.05, 0) is 32.0 Å². The van der Waals surface area contributed by atoms with Crippen molar-refractivity contribution in [2.24, 2.45) is 0 Å². The second kappa shape index (κ2) is 5.17. The van der Waals surface area contributed by atoms with Gasteiger partial charge in [0, 0.05) is 0 Å². The van der Waals surface area contributed by atoms with Crippen molar-refractivity contribution in [1.29, 1.82) is 0 Å². The number of halogens is 1. The van der Waals surface area contributed by atoms with Gasteiger partial charge in [0.2, 0.25) is 0 Å². The molecule has 0 spiro atoms. The average Bonchev–Trinajstić information content (AvgIpc) is 2.68. The van der Waals surface area contributed by atoms with Gasteiger partial charge in [0.05, 0.1) is 11.3 Å². The summed E-state index contributed by atoms with van der Waals surface area (Å²) in [6.45, 7) is 2.89. The topological polar surface area (TPSA) is 110 Å². The first-order valence-corrected chi connectivity index (χ1v) is 7.19. The lowest BCUT2D eigenvalue weighted by atomic mass is 10.2.